The minimum absolute atomic E-state index is 0.000583. The van der Waals surface area contributed by atoms with Gasteiger partial charge in [-0.3, -0.25) is 4.79 Å². The molecule has 94 valence electrons. The van der Waals surface area contributed by atoms with E-state index in [1.165, 1.54) is 0 Å². The van der Waals surface area contributed by atoms with Crippen LogP contribution in [0, 0.1) is 6.92 Å². The standard InChI is InChI=1S/C13H13NO3S/c1-9-8-18-13(14-9)10-3-2-4-11(7-10)17-6-5-12(15)16/h2-4,7-8H,5-6H2,1H3,(H,15,16). The zero-order valence-electron chi connectivity index (χ0n) is 9.92. The van der Waals surface area contributed by atoms with Crippen molar-refractivity contribution in [3.63, 3.8) is 0 Å². The zero-order chi connectivity index (χ0) is 13.0. The van der Waals surface area contributed by atoms with E-state index in [1.54, 1.807) is 11.3 Å². The third kappa shape index (κ3) is 3.30. The lowest BCUT2D eigenvalue weighted by atomic mass is 10.2. The number of rotatable bonds is 5. The maximum absolute atomic E-state index is 10.4. The van der Waals surface area contributed by atoms with Crippen molar-refractivity contribution in [1.82, 2.24) is 4.98 Å². The summed E-state index contributed by atoms with van der Waals surface area (Å²) < 4.78 is 5.38. The molecule has 0 aliphatic rings. The first-order valence-corrected chi connectivity index (χ1v) is 6.40. The van der Waals surface area contributed by atoms with E-state index in [9.17, 15) is 4.79 Å². The Bertz CT molecular complexity index is 551. The quantitative estimate of drug-likeness (QED) is 0.901. The Hall–Kier alpha value is -1.88. The van der Waals surface area contributed by atoms with E-state index in [0.717, 1.165) is 16.3 Å². The van der Waals surface area contributed by atoms with Crippen LogP contribution in [0.25, 0.3) is 10.6 Å². The highest BCUT2D eigenvalue weighted by Gasteiger charge is 2.04. The highest BCUT2D eigenvalue weighted by Crippen LogP contribution is 2.26. The van der Waals surface area contributed by atoms with E-state index in [-0.39, 0.29) is 13.0 Å². The zero-order valence-corrected chi connectivity index (χ0v) is 10.7. The molecule has 18 heavy (non-hydrogen) atoms. The molecule has 0 saturated heterocycles. The van der Waals surface area contributed by atoms with E-state index < -0.39 is 5.97 Å². The van der Waals surface area contributed by atoms with Crippen LogP contribution in [0.5, 0.6) is 5.75 Å². The highest BCUT2D eigenvalue weighted by atomic mass is 32.1. The smallest absolute Gasteiger partial charge is 0.306 e. The molecule has 0 atom stereocenters. The molecule has 0 bridgehead atoms. The SMILES string of the molecule is Cc1csc(-c2cccc(OCCC(=O)O)c2)n1. The van der Waals surface area contributed by atoms with Gasteiger partial charge in [0.05, 0.1) is 13.0 Å². The normalized spacial score (nSPS) is 10.3. The number of thiazole rings is 1. The number of carboxylic acids is 1. The number of ether oxygens (including phenoxy) is 1. The lowest BCUT2D eigenvalue weighted by Crippen LogP contribution is -2.04. The topological polar surface area (TPSA) is 59.4 Å². The van der Waals surface area contributed by atoms with E-state index in [0.29, 0.717) is 5.75 Å². The minimum Gasteiger partial charge on any atom is -0.493 e. The molecule has 2 rings (SSSR count). The Morgan fingerprint density at radius 2 is 2.33 bits per heavy atom. The first kappa shape index (κ1) is 12.6. The monoisotopic (exact) mass is 263 g/mol. The van der Waals surface area contributed by atoms with Crippen LogP contribution in [0.1, 0.15) is 12.1 Å². The van der Waals surface area contributed by atoms with Crippen molar-refractivity contribution in [3.8, 4) is 16.3 Å². The van der Waals surface area contributed by atoms with Crippen LogP contribution in [-0.2, 0) is 4.79 Å². The number of nitrogens with zero attached hydrogens (tertiary/aromatic N) is 1. The van der Waals surface area contributed by atoms with E-state index >= 15 is 0 Å². The molecule has 4 nitrogen and oxygen atoms in total. The summed E-state index contributed by atoms with van der Waals surface area (Å²) in [6.45, 7) is 2.13. The van der Waals surface area contributed by atoms with Crippen LogP contribution in [-0.4, -0.2) is 22.7 Å². The van der Waals surface area contributed by atoms with Gasteiger partial charge >= 0.3 is 5.97 Å². The fourth-order valence-corrected chi connectivity index (χ4v) is 2.26. The summed E-state index contributed by atoms with van der Waals surface area (Å²) in [5.74, 6) is -0.191. The number of carboxylic acid groups (broad SMARTS) is 1. The first-order chi connectivity index (χ1) is 8.65. The second kappa shape index (κ2) is 5.64. The molecule has 2 aromatic rings. The number of aliphatic carboxylic acids is 1. The molecular weight excluding hydrogens is 250 g/mol. The van der Waals surface area contributed by atoms with Gasteiger partial charge in [-0.2, -0.15) is 0 Å². The van der Waals surface area contributed by atoms with Gasteiger partial charge in [0.15, 0.2) is 0 Å². The summed E-state index contributed by atoms with van der Waals surface area (Å²) in [7, 11) is 0. The third-order valence-corrected chi connectivity index (χ3v) is 3.29. The molecule has 0 amide bonds. The largest absolute Gasteiger partial charge is 0.493 e. The number of hydrogen-bond acceptors (Lipinski definition) is 4. The lowest BCUT2D eigenvalue weighted by Gasteiger charge is -2.05. The molecule has 5 heteroatoms. The summed E-state index contributed by atoms with van der Waals surface area (Å²) in [5, 5.41) is 11.5. The van der Waals surface area contributed by atoms with Crippen molar-refractivity contribution >= 4 is 17.3 Å². The van der Waals surface area contributed by atoms with Gasteiger partial charge in [-0.15, -0.1) is 11.3 Å². The van der Waals surface area contributed by atoms with E-state index in [2.05, 4.69) is 4.98 Å². The first-order valence-electron chi connectivity index (χ1n) is 5.52. The average Bonchev–Trinajstić information content (AvgIpc) is 2.76. The number of carbonyl (C=O) groups is 1. The number of aromatic nitrogens is 1. The molecule has 1 heterocycles. The van der Waals surface area contributed by atoms with Crippen molar-refractivity contribution < 1.29 is 14.6 Å². The van der Waals surface area contributed by atoms with Gasteiger partial charge < -0.3 is 9.84 Å². The van der Waals surface area contributed by atoms with Gasteiger partial charge in [0.2, 0.25) is 0 Å². The van der Waals surface area contributed by atoms with Crippen LogP contribution in [0.2, 0.25) is 0 Å². The van der Waals surface area contributed by atoms with Crippen LogP contribution in [0.4, 0.5) is 0 Å². The van der Waals surface area contributed by atoms with E-state index in [1.807, 2.05) is 36.6 Å². The third-order valence-electron chi connectivity index (χ3n) is 2.28. The van der Waals surface area contributed by atoms with Gasteiger partial charge in [0.25, 0.3) is 0 Å². The van der Waals surface area contributed by atoms with Gasteiger partial charge in [-0.1, -0.05) is 12.1 Å². The second-order valence-electron chi connectivity index (χ2n) is 3.81. The van der Waals surface area contributed by atoms with E-state index in [4.69, 9.17) is 9.84 Å². The summed E-state index contributed by atoms with van der Waals surface area (Å²) in [4.78, 5) is 14.8. The van der Waals surface area contributed by atoms with Crippen molar-refractivity contribution in [2.24, 2.45) is 0 Å². The molecule has 0 unspecified atom stereocenters. The maximum atomic E-state index is 10.4. The summed E-state index contributed by atoms with van der Waals surface area (Å²) in [6.07, 6.45) is 0.000583. The Morgan fingerprint density at radius 1 is 1.50 bits per heavy atom. The van der Waals surface area contributed by atoms with Crippen molar-refractivity contribution in [1.29, 1.82) is 0 Å². The highest BCUT2D eigenvalue weighted by molar-refractivity contribution is 7.13. The van der Waals surface area contributed by atoms with Crippen molar-refractivity contribution in [2.45, 2.75) is 13.3 Å². The van der Waals surface area contributed by atoms with Gasteiger partial charge in [-0.05, 0) is 19.1 Å². The molecule has 0 aliphatic heterocycles. The van der Waals surface area contributed by atoms with Crippen LogP contribution in [0.3, 0.4) is 0 Å². The van der Waals surface area contributed by atoms with Crippen LogP contribution in [0.15, 0.2) is 29.6 Å². The molecule has 1 N–H and O–H groups in total. The van der Waals surface area contributed by atoms with Crippen molar-refractivity contribution in [2.75, 3.05) is 6.61 Å². The number of benzene rings is 1. The van der Waals surface area contributed by atoms with Gasteiger partial charge in [-0.25, -0.2) is 4.98 Å². The Morgan fingerprint density at radius 3 is 3.00 bits per heavy atom. The molecule has 0 spiro atoms. The number of hydrogen-bond donors (Lipinski definition) is 1. The predicted octanol–water partition coefficient (Wildman–Crippen LogP) is 2.97. The molecular formula is C13H13NO3S. The fraction of sp³-hybridized carbons (Fsp3) is 0.231. The van der Waals surface area contributed by atoms with Crippen LogP contribution >= 0.6 is 11.3 Å². The molecule has 0 fully saturated rings. The molecule has 1 aromatic carbocycles. The molecule has 0 radical (unpaired) electrons. The summed E-state index contributed by atoms with van der Waals surface area (Å²) in [6, 6.07) is 7.52. The predicted molar refractivity (Wildman–Crippen MR) is 70.0 cm³/mol. The molecule has 0 aliphatic carbocycles. The maximum Gasteiger partial charge on any atom is 0.306 e. The lowest BCUT2D eigenvalue weighted by molar-refractivity contribution is -0.137. The summed E-state index contributed by atoms with van der Waals surface area (Å²) >= 11 is 1.58. The van der Waals surface area contributed by atoms with Crippen molar-refractivity contribution in [3.05, 3.63) is 35.3 Å². The van der Waals surface area contributed by atoms with Crippen LogP contribution < -0.4 is 4.74 Å². The average molecular weight is 263 g/mol. The fourth-order valence-electron chi connectivity index (χ4n) is 1.46. The molecule has 0 saturated carbocycles. The summed E-state index contributed by atoms with van der Waals surface area (Å²) in [5.41, 5.74) is 1.98. The minimum atomic E-state index is -0.860. The van der Waals surface area contributed by atoms with Gasteiger partial charge in [0.1, 0.15) is 10.8 Å². The molecule has 1 aromatic heterocycles. The Labute approximate surface area is 109 Å². The second-order valence-corrected chi connectivity index (χ2v) is 4.67. The Balaban J connectivity index is 2.08. The number of aryl methyl sites for hydroxylation is 1. The Kier molecular flexibility index (Phi) is 3.94. The van der Waals surface area contributed by atoms with Gasteiger partial charge in [0, 0.05) is 16.6 Å².